The molecular formula is C17H25N3O2. The van der Waals surface area contributed by atoms with Crippen LogP contribution in [0.3, 0.4) is 0 Å². The maximum atomic E-state index is 10.2. The lowest BCUT2D eigenvalue weighted by atomic mass is 10.1. The number of guanidine groups is 1. The Kier molecular flexibility index (Phi) is 7.87. The molecule has 5 nitrogen and oxygen atoms in total. The molecule has 1 atom stereocenters. The molecular weight excluding hydrogens is 278 g/mol. The smallest absolute Gasteiger partial charge is 0.192 e. The molecule has 3 N–H and O–H groups in total. The number of nitrogens with zero attached hydrogens (tertiary/aromatic N) is 1. The van der Waals surface area contributed by atoms with Gasteiger partial charge in [0.1, 0.15) is 5.75 Å². The Morgan fingerprint density at radius 1 is 1.32 bits per heavy atom. The second-order valence-electron chi connectivity index (χ2n) is 5.03. The SMILES string of the molecule is C#CCNC(=NCC(O)c1ccc(OC(C)C)cc1)NCC. The first-order chi connectivity index (χ1) is 10.6. The normalized spacial score (nSPS) is 12.6. The minimum atomic E-state index is -0.672. The van der Waals surface area contributed by atoms with E-state index in [0.29, 0.717) is 12.5 Å². The molecule has 22 heavy (non-hydrogen) atoms. The first-order valence-corrected chi connectivity index (χ1v) is 7.47. The first-order valence-electron chi connectivity index (χ1n) is 7.47. The second-order valence-corrected chi connectivity index (χ2v) is 5.03. The van der Waals surface area contributed by atoms with E-state index in [9.17, 15) is 5.11 Å². The minimum absolute atomic E-state index is 0.130. The maximum absolute atomic E-state index is 10.2. The Bertz CT molecular complexity index is 504. The lowest BCUT2D eigenvalue weighted by molar-refractivity contribution is 0.186. The van der Waals surface area contributed by atoms with Crippen LogP contribution in [0.4, 0.5) is 0 Å². The monoisotopic (exact) mass is 303 g/mol. The lowest BCUT2D eigenvalue weighted by Crippen LogP contribution is -2.37. The molecule has 0 saturated heterocycles. The number of hydrogen-bond donors (Lipinski definition) is 3. The number of benzene rings is 1. The third-order valence-electron chi connectivity index (χ3n) is 2.76. The van der Waals surface area contributed by atoms with Crippen molar-refractivity contribution in [3.63, 3.8) is 0 Å². The molecule has 0 fully saturated rings. The van der Waals surface area contributed by atoms with Gasteiger partial charge in [-0.15, -0.1) is 6.42 Å². The fourth-order valence-corrected chi connectivity index (χ4v) is 1.80. The van der Waals surface area contributed by atoms with Crippen LogP contribution in [0.5, 0.6) is 5.75 Å². The first kappa shape index (κ1) is 17.9. The van der Waals surface area contributed by atoms with E-state index in [4.69, 9.17) is 11.2 Å². The standard InChI is InChI=1S/C17H25N3O2/c1-5-11-19-17(18-6-2)20-12-16(21)14-7-9-15(10-8-14)22-13(3)4/h1,7-10,13,16,21H,6,11-12H2,2-4H3,(H2,18,19,20). The summed E-state index contributed by atoms with van der Waals surface area (Å²) in [6.45, 7) is 7.30. The molecule has 0 heterocycles. The molecule has 0 amide bonds. The van der Waals surface area contributed by atoms with Crippen molar-refractivity contribution in [3.8, 4) is 18.1 Å². The summed E-state index contributed by atoms with van der Waals surface area (Å²) in [4.78, 5) is 4.32. The zero-order valence-corrected chi connectivity index (χ0v) is 13.5. The molecule has 0 radical (unpaired) electrons. The summed E-state index contributed by atoms with van der Waals surface area (Å²) in [5.74, 6) is 3.88. The molecule has 5 heteroatoms. The van der Waals surface area contributed by atoms with Gasteiger partial charge in [0, 0.05) is 6.54 Å². The van der Waals surface area contributed by atoms with Crippen LogP contribution in [0, 0.1) is 12.3 Å². The van der Waals surface area contributed by atoms with Crippen molar-refractivity contribution >= 4 is 5.96 Å². The molecule has 1 aromatic carbocycles. The number of nitrogens with one attached hydrogen (secondary N) is 2. The van der Waals surface area contributed by atoms with E-state index in [1.807, 2.05) is 45.0 Å². The van der Waals surface area contributed by atoms with Crippen molar-refractivity contribution in [1.29, 1.82) is 0 Å². The van der Waals surface area contributed by atoms with Crippen molar-refractivity contribution in [1.82, 2.24) is 10.6 Å². The zero-order chi connectivity index (χ0) is 16.4. The van der Waals surface area contributed by atoms with Gasteiger partial charge in [0.25, 0.3) is 0 Å². The van der Waals surface area contributed by atoms with Gasteiger partial charge in [-0.25, -0.2) is 0 Å². The van der Waals surface area contributed by atoms with Crippen LogP contribution in [0.2, 0.25) is 0 Å². The average molecular weight is 303 g/mol. The predicted octanol–water partition coefficient (Wildman–Crippen LogP) is 1.70. The molecule has 1 aromatic rings. The third-order valence-corrected chi connectivity index (χ3v) is 2.76. The number of ether oxygens (including phenoxy) is 1. The predicted molar refractivity (Wildman–Crippen MR) is 90.0 cm³/mol. The van der Waals surface area contributed by atoms with E-state index in [1.165, 1.54) is 0 Å². The number of aliphatic hydroxyl groups is 1. The Morgan fingerprint density at radius 3 is 2.55 bits per heavy atom. The van der Waals surface area contributed by atoms with Gasteiger partial charge < -0.3 is 20.5 Å². The van der Waals surface area contributed by atoms with Crippen LogP contribution in [0.15, 0.2) is 29.3 Å². The van der Waals surface area contributed by atoms with Crippen LogP contribution < -0.4 is 15.4 Å². The van der Waals surface area contributed by atoms with Crippen molar-refractivity contribution < 1.29 is 9.84 Å². The number of rotatable bonds is 7. The summed E-state index contributed by atoms with van der Waals surface area (Å²) >= 11 is 0. The number of aliphatic hydroxyl groups excluding tert-OH is 1. The molecule has 0 aliphatic heterocycles. The molecule has 0 aliphatic carbocycles. The van der Waals surface area contributed by atoms with Gasteiger partial charge in [-0.05, 0) is 38.5 Å². The fourth-order valence-electron chi connectivity index (χ4n) is 1.80. The average Bonchev–Trinajstić information content (AvgIpc) is 2.50. The van der Waals surface area contributed by atoms with Crippen molar-refractivity contribution in [2.75, 3.05) is 19.6 Å². The zero-order valence-electron chi connectivity index (χ0n) is 13.5. The van der Waals surface area contributed by atoms with Crippen LogP contribution in [-0.4, -0.2) is 36.8 Å². The molecule has 0 aromatic heterocycles. The van der Waals surface area contributed by atoms with Crippen LogP contribution in [0.25, 0.3) is 0 Å². The largest absolute Gasteiger partial charge is 0.491 e. The van der Waals surface area contributed by atoms with Gasteiger partial charge in [-0.3, -0.25) is 4.99 Å². The van der Waals surface area contributed by atoms with Gasteiger partial charge in [-0.2, -0.15) is 0 Å². The summed E-state index contributed by atoms with van der Waals surface area (Å²) < 4.78 is 5.58. The summed E-state index contributed by atoms with van der Waals surface area (Å²) in [6, 6.07) is 7.40. The molecule has 1 unspecified atom stereocenters. The van der Waals surface area contributed by atoms with Gasteiger partial charge >= 0.3 is 0 Å². The highest BCUT2D eigenvalue weighted by molar-refractivity contribution is 5.80. The van der Waals surface area contributed by atoms with Gasteiger partial charge in [-0.1, -0.05) is 18.1 Å². The molecule has 0 saturated carbocycles. The molecule has 0 bridgehead atoms. The van der Waals surface area contributed by atoms with E-state index in [1.54, 1.807) is 0 Å². The lowest BCUT2D eigenvalue weighted by Gasteiger charge is -2.13. The van der Waals surface area contributed by atoms with Gasteiger partial charge in [0.15, 0.2) is 5.96 Å². The number of hydrogen-bond acceptors (Lipinski definition) is 3. The van der Waals surface area contributed by atoms with E-state index in [2.05, 4.69) is 21.5 Å². The van der Waals surface area contributed by atoms with Gasteiger partial charge in [0.05, 0.1) is 25.3 Å². The molecule has 0 spiro atoms. The fraction of sp³-hybridized carbons (Fsp3) is 0.471. The topological polar surface area (TPSA) is 65.9 Å². The van der Waals surface area contributed by atoms with Gasteiger partial charge in [0.2, 0.25) is 0 Å². The Labute approximate surface area is 132 Å². The third kappa shape index (κ3) is 6.51. The summed E-state index contributed by atoms with van der Waals surface area (Å²) in [5.41, 5.74) is 0.799. The molecule has 120 valence electrons. The Morgan fingerprint density at radius 2 is 2.00 bits per heavy atom. The number of aliphatic imine (C=N–C) groups is 1. The maximum Gasteiger partial charge on any atom is 0.192 e. The minimum Gasteiger partial charge on any atom is -0.491 e. The van der Waals surface area contributed by atoms with E-state index in [-0.39, 0.29) is 12.6 Å². The van der Waals surface area contributed by atoms with Crippen LogP contribution in [0.1, 0.15) is 32.4 Å². The summed E-state index contributed by atoms with van der Waals surface area (Å²) in [7, 11) is 0. The quantitative estimate of drug-likeness (QED) is 0.407. The number of terminal acetylenes is 1. The summed E-state index contributed by atoms with van der Waals surface area (Å²) in [6.07, 6.45) is 4.67. The Hall–Kier alpha value is -2.19. The van der Waals surface area contributed by atoms with Crippen molar-refractivity contribution in [2.24, 2.45) is 4.99 Å². The van der Waals surface area contributed by atoms with E-state index in [0.717, 1.165) is 17.9 Å². The molecule has 0 aliphatic rings. The van der Waals surface area contributed by atoms with E-state index < -0.39 is 6.10 Å². The second kappa shape index (κ2) is 9.69. The Balaban J connectivity index is 2.62. The molecule has 1 rings (SSSR count). The summed E-state index contributed by atoms with van der Waals surface area (Å²) in [5, 5.41) is 16.2. The van der Waals surface area contributed by atoms with E-state index >= 15 is 0 Å². The van der Waals surface area contributed by atoms with Crippen molar-refractivity contribution in [3.05, 3.63) is 29.8 Å². The van der Waals surface area contributed by atoms with Crippen molar-refractivity contribution in [2.45, 2.75) is 33.0 Å². The highest BCUT2D eigenvalue weighted by Crippen LogP contribution is 2.18. The van der Waals surface area contributed by atoms with Crippen LogP contribution in [-0.2, 0) is 0 Å². The highest BCUT2D eigenvalue weighted by atomic mass is 16.5. The van der Waals surface area contributed by atoms with Crippen LogP contribution >= 0.6 is 0 Å². The highest BCUT2D eigenvalue weighted by Gasteiger charge is 2.08.